The third kappa shape index (κ3) is 2.78. The van der Waals surface area contributed by atoms with Gasteiger partial charge in [-0.2, -0.15) is 5.10 Å². The molecule has 5 nitrogen and oxygen atoms in total. The van der Waals surface area contributed by atoms with Crippen LogP contribution in [0.3, 0.4) is 0 Å². The zero-order valence-electron chi connectivity index (χ0n) is 20.0. The van der Waals surface area contributed by atoms with E-state index in [4.69, 9.17) is 0 Å². The molecule has 5 aliphatic carbocycles. The molecule has 176 valence electrons. The van der Waals surface area contributed by atoms with Crippen molar-refractivity contribution in [2.75, 3.05) is 0 Å². The summed E-state index contributed by atoms with van der Waals surface area (Å²) < 4.78 is 1.81. The molecule has 1 unspecified atom stereocenters. The number of ketones is 1. The first kappa shape index (κ1) is 20.6. The predicted octanol–water partition coefficient (Wildman–Crippen LogP) is 4.88. The Kier molecular flexibility index (Phi) is 4.31. The molecule has 0 amide bonds. The highest BCUT2D eigenvalue weighted by atomic mass is 16.3. The van der Waals surface area contributed by atoms with Crippen LogP contribution in [0.2, 0.25) is 0 Å². The normalized spacial score (nSPS) is 48.0. The molecule has 0 aliphatic heterocycles. The van der Waals surface area contributed by atoms with Gasteiger partial charge in [-0.3, -0.25) is 14.5 Å². The van der Waals surface area contributed by atoms with Crippen LogP contribution in [0, 0.1) is 52.8 Å². The van der Waals surface area contributed by atoms with Crippen molar-refractivity contribution in [1.82, 2.24) is 14.8 Å². The number of fused-ring (bicyclic) bond motifs is 8. The zero-order chi connectivity index (χ0) is 22.5. The van der Waals surface area contributed by atoms with Crippen molar-refractivity contribution in [3.8, 4) is 0 Å². The van der Waals surface area contributed by atoms with E-state index >= 15 is 0 Å². The molecule has 0 aromatic carbocycles. The number of carbonyl (C=O) groups is 1. The maximum atomic E-state index is 13.6. The number of pyridine rings is 1. The van der Waals surface area contributed by atoms with Crippen LogP contribution in [-0.4, -0.2) is 31.3 Å². The summed E-state index contributed by atoms with van der Waals surface area (Å²) >= 11 is 0. The number of Topliss-reactive ketones (excluding diaryl/α,β-unsaturated/α-hetero) is 1. The summed E-state index contributed by atoms with van der Waals surface area (Å²) in [5.41, 5.74) is 1.55. The lowest BCUT2D eigenvalue weighted by Gasteiger charge is -2.56. The summed E-state index contributed by atoms with van der Waals surface area (Å²) in [6.07, 6.45) is 13.3. The van der Waals surface area contributed by atoms with Gasteiger partial charge >= 0.3 is 0 Å². The minimum atomic E-state index is -0.325. The molecule has 0 bridgehead atoms. The van der Waals surface area contributed by atoms with E-state index in [0.717, 1.165) is 47.5 Å². The first-order valence-electron chi connectivity index (χ1n) is 13.4. The van der Waals surface area contributed by atoms with Gasteiger partial charge in [0, 0.05) is 12.1 Å². The van der Waals surface area contributed by atoms with Gasteiger partial charge in [-0.1, -0.05) is 13.8 Å². The van der Waals surface area contributed by atoms with Gasteiger partial charge in [0.15, 0.2) is 5.78 Å². The Balaban J connectivity index is 1.09. The second-order valence-corrected chi connectivity index (χ2v) is 12.6. The molecule has 0 saturated heterocycles. The maximum Gasteiger partial charge on any atom is 0.157 e. The van der Waals surface area contributed by atoms with Crippen LogP contribution < -0.4 is 0 Å². The number of hydrogen-bond acceptors (Lipinski definition) is 4. The van der Waals surface area contributed by atoms with E-state index < -0.39 is 0 Å². The summed E-state index contributed by atoms with van der Waals surface area (Å²) in [7, 11) is 0. The highest BCUT2D eigenvalue weighted by Gasteiger charge is 2.69. The lowest BCUT2D eigenvalue weighted by atomic mass is 9.49. The van der Waals surface area contributed by atoms with E-state index in [1.807, 2.05) is 23.0 Å². The Labute approximate surface area is 196 Å². The average Bonchev–Trinajstić information content (AvgIpc) is 3.10. The highest BCUT2D eigenvalue weighted by Crippen LogP contribution is 2.70. The summed E-state index contributed by atoms with van der Waals surface area (Å²) in [5, 5.41) is 15.6. The van der Waals surface area contributed by atoms with E-state index in [2.05, 4.69) is 23.9 Å². The Morgan fingerprint density at radius 1 is 1.06 bits per heavy atom. The third-order valence-electron chi connectivity index (χ3n) is 11.6. The number of aromatic nitrogens is 3. The first-order valence-corrected chi connectivity index (χ1v) is 13.4. The van der Waals surface area contributed by atoms with Crippen molar-refractivity contribution in [3.05, 3.63) is 24.5 Å². The fraction of sp³-hybridized carbons (Fsp3) is 0.750. The van der Waals surface area contributed by atoms with Gasteiger partial charge < -0.3 is 5.11 Å². The van der Waals surface area contributed by atoms with Gasteiger partial charge in [0.1, 0.15) is 11.0 Å². The largest absolute Gasteiger partial charge is 0.389 e. The van der Waals surface area contributed by atoms with Crippen LogP contribution in [0.25, 0.3) is 11.0 Å². The molecule has 5 heteroatoms. The van der Waals surface area contributed by atoms with Gasteiger partial charge in [0.05, 0.1) is 18.3 Å². The zero-order valence-corrected chi connectivity index (χ0v) is 20.0. The van der Waals surface area contributed by atoms with Crippen molar-refractivity contribution >= 4 is 16.8 Å². The molecule has 33 heavy (non-hydrogen) atoms. The van der Waals surface area contributed by atoms with Crippen molar-refractivity contribution in [2.24, 2.45) is 52.8 Å². The lowest BCUT2D eigenvalue weighted by Crippen LogP contribution is -2.50. The minimum absolute atomic E-state index is 0.151. The maximum absolute atomic E-state index is 13.6. The van der Waals surface area contributed by atoms with Crippen LogP contribution >= 0.6 is 0 Å². The number of hydrogen-bond donors (Lipinski definition) is 1. The Bertz CT molecular complexity index is 1080. The first-order chi connectivity index (χ1) is 15.9. The molecule has 0 radical (unpaired) electrons. The topological polar surface area (TPSA) is 68.0 Å². The van der Waals surface area contributed by atoms with Crippen LogP contribution in [0.1, 0.15) is 65.2 Å². The SMILES string of the molecule is C[C@@H]1C2[C@@H]3CC[C@@H]4[C@H](CC[C@]5(C)[C@@H](C(=O)Cn6cc7ncccc7n6)CC[C@@H]45)[C@H]3CC[C@@]21O. The number of aliphatic hydroxyl groups is 1. The summed E-state index contributed by atoms with van der Waals surface area (Å²) in [4.78, 5) is 17.9. The Hall–Kier alpha value is -1.75. The van der Waals surface area contributed by atoms with Crippen molar-refractivity contribution in [3.63, 3.8) is 0 Å². The van der Waals surface area contributed by atoms with Crippen molar-refractivity contribution in [2.45, 2.75) is 77.4 Å². The molecule has 5 saturated carbocycles. The minimum Gasteiger partial charge on any atom is -0.389 e. The van der Waals surface area contributed by atoms with Gasteiger partial charge in [-0.05, 0) is 110 Å². The summed E-state index contributed by atoms with van der Waals surface area (Å²) in [5.74, 6) is 5.52. The summed E-state index contributed by atoms with van der Waals surface area (Å²) in [6, 6.07) is 3.86. The fourth-order valence-corrected chi connectivity index (χ4v) is 10.0. The standard InChI is InChI=1S/C28H37N3O2/c1-16-26-20-6-5-19-17(18(20)10-12-28(16,26)33)9-11-27(2)21(19)7-8-22(27)25(32)15-31-14-24-23(30-31)4-3-13-29-24/h3-4,13-14,16-22,26,33H,5-12,15H2,1-2H3/t16-,17-,18-,19-,20-,21+,22-,26?,27+,28+/m1/s1. The number of carbonyl (C=O) groups excluding carboxylic acids is 1. The molecule has 0 spiro atoms. The Morgan fingerprint density at radius 3 is 2.70 bits per heavy atom. The van der Waals surface area contributed by atoms with Gasteiger partial charge in [-0.15, -0.1) is 0 Å². The lowest BCUT2D eigenvalue weighted by molar-refractivity contribution is -0.131. The van der Waals surface area contributed by atoms with E-state index in [1.54, 1.807) is 6.20 Å². The fourth-order valence-electron chi connectivity index (χ4n) is 10.0. The average molecular weight is 448 g/mol. The van der Waals surface area contributed by atoms with Crippen LogP contribution in [0.15, 0.2) is 24.5 Å². The molecule has 7 rings (SSSR count). The number of rotatable bonds is 3. The smallest absolute Gasteiger partial charge is 0.157 e. The molecular formula is C28H37N3O2. The van der Waals surface area contributed by atoms with Crippen molar-refractivity contribution in [1.29, 1.82) is 0 Å². The Morgan fingerprint density at radius 2 is 1.85 bits per heavy atom. The van der Waals surface area contributed by atoms with Crippen molar-refractivity contribution < 1.29 is 9.90 Å². The third-order valence-corrected chi connectivity index (χ3v) is 11.6. The monoisotopic (exact) mass is 447 g/mol. The molecule has 5 fully saturated rings. The van der Waals surface area contributed by atoms with Crippen LogP contribution in [0.5, 0.6) is 0 Å². The van der Waals surface area contributed by atoms with E-state index in [9.17, 15) is 9.90 Å². The molecule has 10 atom stereocenters. The molecule has 5 aliphatic rings. The van der Waals surface area contributed by atoms with E-state index in [1.165, 1.54) is 38.5 Å². The highest BCUT2D eigenvalue weighted by molar-refractivity contribution is 5.82. The second-order valence-electron chi connectivity index (χ2n) is 12.6. The van der Waals surface area contributed by atoms with Gasteiger partial charge in [-0.25, -0.2) is 0 Å². The molecule has 2 heterocycles. The second kappa shape index (κ2) is 6.90. The summed E-state index contributed by atoms with van der Waals surface area (Å²) in [6.45, 7) is 5.10. The van der Waals surface area contributed by atoms with Gasteiger partial charge in [0.25, 0.3) is 0 Å². The quantitative estimate of drug-likeness (QED) is 0.728. The van der Waals surface area contributed by atoms with E-state index in [-0.39, 0.29) is 16.9 Å². The molecule has 1 N–H and O–H groups in total. The van der Waals surface area contributed by atoms with E-state index in [0.29, 0.717) is 30.1 Å². The van der Waals surface area contributed by atoms with Crippen LogP contribution in [-0.2, 0) is 11.3 Å². The molecular weight excluding hydrogens is 410 g/mol. The predicted molar refractivity (Wildman–Crippen MR) is 126 cm³/mol. The van der Waals surface area contributed by atoms with Gasteiger partial charge in [0.2, 0.25) is 0 Å². The molecule has 2 aromatic rings. The number of nitrogens with zero attached hydrogens (tertiary/aromatic N) is 3. The molecule has 2 aromatic heterocycles. The van der Waals surface area contributed by atoms with Crippen LogP contribution in [0.4, 0.5) is 0 Å².